The summed E-state index contributed by atoms with van der Waals surface area (Å²) in [7, 11) is 0. The van der Waals surface area contributed by atoms with E-state index in [2.05, 4.69) is 20.9 Å². The third-order valence-corrected chi connectivity index (χ3v) is 2.66. The number of aromatic nitrogens is 1. The summed E-state index contributed by atoms with van der Waals surface area (Å²) < 4.78 is 0. The van der Waals surface area contributed by atoms with Gasteiger partial charge >= 0.3 is 0 Å². The number of pyridine rings is 1. The first-order valence-corrected chi connectivity index (χ1v) is 6.87. The topological polar surface area (TPSA) is 83.1 Å². The lowest BCUT2D eigenvalue weighted by molar-refractivity contribution is -0.121. The van der Waals surface area contributed by atoms with Crippen molar-refractivity contribution in [3.63, 3.8) is 0 Å². The van der Waals surface area contributed by atoms with Crippen molar-refractivity contribution in [3.8, 4) is 0 Å². The van der Waals surface area contributed by atoms with Crippen LogP contribution < -0.4 is 16.0 Å². The van der Waals surface area contributed by atoms with E-state index in [9.17, 15) is 9.59 Å². The number of hydrogen-bond acceptors (Lipinski definition) is 4. The maximum absolute atomic E-state index is 11.8. The summed E-state index contributed by atoms with van der Waals surface area (Å²) in [5.74, 6) is -0.289. The lowest BCUT2D eigenvalue weighted by atomic mass is 10.2. The molecule has 0 aromatic carbocycles. The van der Waals surface area contributed by atoms with E-state index in [0.29, 0.717) is 24.5 Å². The number of carbonyl (C=O) groups is 2. The number of anilines is 1. The molecule has 1 aromatic heterocycles. The van der Waals surface area contributed by atoms with Crippen molar-refractivity contribution >= 4 is 17.5 Å². The Morgan fingerprint density at radius 1 is 1.30 bits per heavy atom. The molecule has 0 fully saturated rings. The number of nitrogens with zero attached hydrogens (tertiary/aromatic N) is 1. The first kappa shape index (κ1) is 15.9. The van der Waals surface area contributed by atoms with E-state index in [1.807, 2.05) is 13.8 Å². The zero-order chi connectivity index (χ0) is 15.0. The fraction of sp³-hybridized carbons (Fsp3) is 0.500. The molecule has 0 radical (unpaired) electrons. The van der Waals surface area contributed by atoms with Crippen molar-refractivity contribution in [3.05, 3.63) is 24.0 Å². The van der Waals surface area contributed by atoms with Gasteiger partial charge in [-0.3, -0.25) is 14.6 Å². The van der Waals surface area contributed by atoms with Crippen LogP contribution in [0.25, 0.3) is 0 Å². The second kappa shape index (κ2) is 8.14. The number of hydrogen-bond donors (Lipinski definition) is 3. The molecule has 0 saturated carbocycles. The highest BCUT2D eigenvalue weighted by molar-refractivity contribution is 5.93. The minimum absolute atomic E-state index is 0.0665. The van der Waals surface area contributed by atoms with Gasteiger partial charge < -0.3 is 16.0 Å². The number of nitrogens with one attached hydrogen (secondary N) is 3. The molecule has 6 nitrogen and oxygen atoms in total. The van der Waals surface area contributed by atoms with Crippen LogP contribution in [-0.2, 0) is 4.79 Å². The molecule has 0 aliphatic carbocycles. The van der Waals surface area contributed by atoms with Crippen molar-refractivity contribution in [2.24, 2.45) is 0 Å². The van der Waals surface area contributed by atoms with E-state index in [1.54, 1.807) is 25.3 Å². The molecular weight excluding hydrogens is 256 g/mol. The van der Waals surface area contributed by atoms with Crippen LogP contribution >= 0.6 is 0 Å². The molecule has 0 bridgehead atoms. The number of carbonyl (C=O) groups excluding carboxylic acids is 2. The highest BCUT2D eigenvalue weighted by Gasteiger charge is 2.13. The zero-order valence-electron chi connectivity index (χ0n) is 12.2. The Balaban J connectivity index is 2.66. The predicted octanol–water partition coefficient (Wildman–Crippen LogP) is 1.16. The molecule has 6 heteroatoms. The summed E-state index contributed by atoms with van der Waals surface area (Å²) in [5.41, 5.74) is 1.03. The van der Waals surface area contributed by atoms with E-state index in [-0.39, 0.29) is 17.9 Å². The quantitative estimate of drug-likeness (QED) is 0.699. The summed E-state index contributed by atoms with van der Waals surface area (Å²) in [5, 5.41) is 8.55. The Morgan fingerprint density at radius 3 is 2.70 bits per heavy atom. The van der Waals surface area contributed by atoms with Crippen LogP contribution in [0.2, 0.25) is 0 Å². The molecule has 1 atom stereocenters. The summed E-state index contributed by atoms with van der Waals surface area (Å²) in [6.07, 6.45) is 2.44. The van der Waals surface area contributed by atoms with Gasteiger partial charge in [0, 0.05) is 25.0 Å². The zero-order valence-corrected chi connectivity index (χ0v) is 12.2. The van der Waals surface area contributed by atoms with Gasteiger partial charge in [-0.05, 0) is 32.4 Å². The van der Waals surface area contributed by atoms with Crippen LogP contribution in [-0.4, -0.2) is 35.9 Å². The molecule has 110 valence electrons. The number of rotatable bonds is 7. The molecule has 1 aromatic rings. The Morgan fingerprint density at radius 2 is 2.05 bits per heavy atom. The van der Waals surface area contributed by atoms with Crippen LogP contribution in [0.15, 0.2) is 18.3 Å². The van der Waals surface area contributed by atoms with Gasteiger partial charge in [-0.1, -0.05) is 6.92 Å². The smallest absolute Gasteiger partial charge is 0.269 e. The molecule has 1 heterocycles. The molecular formula is C14H22N4O2. The Bertz CT molecular complexity index is 462. The fourth-order valence-corrected chi connectivity index (χ4v) is 1.61. The molecule has 0 aliphatic heterocycles. The molecule has 0 saturated heterocycles. The summed E-state index contributed by atoms with van der Waals surface area (Å²) in [6, 6.07) is 2.99. The summed E-state index contributed by atoms with van der Waals surface area (Å²) >= 11 is 0. The van der Waals surface area contributed by atoms with Crippen molar-refractivity contribution in [2.45, 2.75) is 33.2 Å². The second-order valence-corrected chi connectivity index (χ2v) is 4.45. The van der Waals surface area contributed by atoms with Crippen LogP contribution in [0.3, 0.4) is 0 Å². The van der Waals surface area contributed by atoms with Gasteiger partial charge in [-0.15, -0.1) is 0 Å². The third-order valence-electron chi connectivity index (χ3n) is 2.66. The second-order valence-electron chi connectivity index (χ2n) is 4.45. The molecule has 0 spiro atoms. The van der Waals surface area contributed by atoms with Crippen molar-refractivity contribution in [1.29, 1.82) is 0 Å². The van der Waals surface area contributed by atoms with E-state index < -0.39 is 0 Å². The minimum atomic E-state index is -0.369. The Labute approximate surface area is 119 Å². The highest BCUT2D eigenvalue weighted by atomic mass is 16.2. The van der Waals surface area contributed by atoms with E-state index in [0.717, 1.165) is 6.42 Å². The van der Waals surface area contributed by atoms with Gasteiger partial charge in [0.15, 0.2) is 0 Å². The molecule has 3 N–H and O–H groups in total. The lowest BCUT2D eigenvalue weighted by Gasteiger charge is -2.15. The SMILES string of the molecule is CCCNC(=O)C(C)Nc1ccnc(C(=O)NCC)c1. The van der Waals surface area contributed by atoms with Gasteiger partial charge in [0.05, 0.1) is 0 Å². The maximum Gasteiger partial charge on any atom is 0.269 e. The molecule has 2 amide bonds. The van der Waals surface area contributed by atoms with E-state index in [1.165, 1.54) is 0 Å². The average Bonchev–Trinajstić information content (AvgIpc) is 2.45. The van der Waals surface area contributed by atoms with Gasteiger partial charge in [-0.2, -0.15) is 0 Å². The van der Waals surface area contributed by atoms with Crippen LogP contribution in [0.5, 0.6) is 0 Å². The lowest BCUT2D eigenvalue weighted by Crippen LogP contribution is -2.37. The normalized spacial score (nSPS) is 11.6. The molecule has 20 heavy (non-hydrogen) atoms. The van der Waals surface area contributed by atoms with E-state index in [4.69, 9.17) is 0 Å². The minimum Gasteiger partial charge on any atom is -0.374 e. The van der Waals surface area contributed by atoms with Crippen molar-refractivity contribution in [1.82, 2.24) is 15.6 Å². The Hall–Kier alpha value is -2.11. The Kier molecular flexibility index (Phi) is 6.49. The van der Waals surface area contributed by atoms with Gasteiger partial charge in [-0.25, -0.2) is 0 Å². The monoisotopic (exact) mass is 278 g/mol. The molecule has 1 rings (SSSR count). The highest BCUT2D eigenvalue weighted by Crippen LogP contribution is 2.09. The van der Waals surface area contributed by atoms with Crippen LogP contribution in [0.4, 0.5) is 5.69 Å². The van der Waals surface area contributed by atoms with Gasteiger partial charge in [0.25, 0.3) is 5.91 Å². The van der Waals surface area contributed by atoms with Crippen LogP contribution in [0, 0.1) is 0 Å². The molecule has 0 aliphatic rings. The van der Waals surface area contributed by atoms with Crippen molar-refractivity contribution in [2.75, 3.05) is 18.4 Å². The third kappa shape index (κ3) is 4.87. The average molecular weight is 278 g/mol. The van der Waals surface area contributed by atoms with E-state index >= 15 is 0 Å². The summed E-state index contributed by atoms with van der Waals surface area (Å²) in [4.78, 5) is 27.4. The number of amides is 2. The maximum atomic E-state index is 11.8. The summed E-state index contributed by atoms with van der Waals surface area (Å²) in [6.45, 7) is 6.83. The largest absolute Gasteiger partial charge is 0.374 e. The van der Waals surface area contributed by atoms with Gasteiger partial charge in [0.1, 0.15) is 11.7 Å². The predicted molar refractivity (Wildman–Crippen MR) is 78.6 cm³/mol. The first-order valence-electron chi connectivity index (χ1n) is 6.87. The molecule has 1 unspecified atom stereocenters. The standard InChI is InChI=1S/C14H22N4O2/c1-4-7-17-13(19)10(3)18-11-6-8-16-12(9-11)14(20)15-5-2/h6,8-10H,4-5,7H2,1-3H3,(H,15,20)(H,16,18)(H,17,19). The van der Waals surface area contributed by atoms with Crippen molar-refractivity contribution < 1.29 is 9.59 Å². The fourth-order valence-electron chi connectivity index (χ4n) is 1.61. The van der Waals surface area contributed by atoms with Crippen LogP contribution in [0.1, 0.15) is 37.7 Å². The van der Waals surface area contributed by atoms with Gasteiger partial charge in [0.2, 0.25) is 5.91 Å². The first-order chi connectivity index (χ1) is 9.58.